The zero-order valence-electron chi connectivity index (χ0n) is 12.0. The largest absolute Gasteiger partial charge is 0.396 e. The molecule has 11 heteroatoms. The van der Waals surface area contributed by atoms with Crippen molar-refractivity contribution < 1.29 is 16.8 Å². The van der Waals surface area contributed by atoms with Crippen LogP contribution in [0.4, 0.5) is 11.4 Å². The predicted molar refractivity (Wildman–Crippen MR) is 96.2 cm³/mol. The summed E-state index contributed by atoms with van der Waals surface area (Å²) in [6.45, 7) is 0. The van der Waals surface area contributed by atoms with Crippen molar-refractivity contribution in [3.63, 3.8) is 0 Å². The normalized spacial score (nSPS) is 12.2. The van der Waals surface area contributed by atoms with E-state index in [4.69, 9.17) is 40.5 Å². The van der Waals surface area contributed by atoms with Gasteiger partial charge in [0.15, 0.2) is 9.84 Å². The van der Waals surface area contributed by atoms with E-state index in [-0.39, 0.29) is 31.3 Å². The number of benzene rings is 2. The van der Waals surface area contributed by atoms with Crippen LogP contribution >= 0.6 is 34.8 Å². The van der Waals surface area contributed by atoms with Gasteiger partial charge in [-0.2, -0.15) is 0 Å². The Bertz CT molecular complexity index is 999. The Morgan fingerprint density at radius 3 is 1.96 bits per heavy atom. The first-order chi connectivity index (χ1) is 10.9. The highest BCUT2D eigenvalue weighted by Crippen LogP contribution is 2.33. The number of nitrogen functional groups attached to an aromatic ring is 1. The third kappa shape index (κ3) is 4.07. The summed E-state index contributed by atoms with van der Waals surface area (Å²) in [5, 5.41) is -0.00472. The number of nitrogens with two attached hydrogens (primary N) is 1. The molecule has 2 aromatic carbocycles. The Kier molecular flexibility index (Phi) is 5.27. The Morgan fingerprint density at radius 2 is 1.46 bits per heavy atom. The lowest BCUT2D eigenvalue weighted by molar-refractivity contribution is 0.600. The number of nitrogens with one attached hydrogen (secondary N) is 1. The number of hydrogen-bond donors (Lipinski definition) is 2. The molecular weight excluding hydrogens is 419 g/mol. The highest BCUT2D eigenvalue weighted by atomic mass is 35.5. The predicted octanol–water partition coefficient (Wildman–Crippen LogP) is 3.43. The minimum absolute atomic E-state index is 0.0556. The van der Waals surface area contributed by atoms with Crippen LogP contribution in [-0.2, 0) is 19.9 Å². The van der Waals surface area contributed by atoms with Gasteiger partial charge in [0.2, 0.25) is 0 Å². The standard InChI is InChI=1S/C13H11Cl3N2O4S2/c1-23(19,20)8-2-3-9(14)12(6-8)24(21,22)18-7-4-10(15)13(17)11(16)5-7/h2-6,18H,17H2,1H3. The van der Waals surface area contributed by atoms with E-state index in [1.54, 1.807) is 0 Å². The smallest absolute Gasteiger partial charge is 0.263 e. The molecule has 0 heterocycles. The molecule has 0 unspecified atom stereocenters. The highest BCUT2D eigenvalue weighted by molar-refractivity contribution is 7.93. The fourth-order valence-corrected chi connectivity index (χ4v) is 4.55. The Balaban J connectivity index is 2.52. The lowest BCUT2D eigenvalue weighted by Crippen LogP contribution is -2.14. The number of rotatable bonds is 4. The maximum absolute atomic E-state index is 12.5. The van der Waals surface area contributed by atoms with Crippen molar-refractivity contribution in [2.45, 2.75) is 9.79 Å². The molecule has 3 N–H and O–H groups in total. The third-order valence-corrected chi connectivity index (χ3v) is 6.55. The SMILES string of the molecule is CS(=O)(=O)c1ccc(Cl)c(S(=O)(=O)Nc2cc(Cl)c(N)c(Cl)c2)c1. The maximum atomic E-state index is 12.5. The van der Waals surface area contributed by atoms with Gasteiger partial charge in [-0.3, -0.25) is 4.72 Å². The van der Waals surface area contributed by atoms with Gasteiger partial charge < -0.3 is 5.73 Å². The second kappa shape index (κ2) is 6.61. The molecule has 0 aromatic heterocycles. The van der Waals surface area contributed by atoms with Crippen molar-refractivity contribution in [3.8, 4) is 0 Å². The van der Waals surface area contributed by atoms with Gasteiger partial charge in [0.05, 0.1) is 31.3 Å². The number of halogens is 3. The molecule has 2 aromatic rings. The molecule has 130 valence electrons. The van der Waals surface area contributed by atoms with Crippen LogP contribution in [0.15, 0.2) is 40.1 Å². The average molecular weight is 430 g/mol. The van der Waals surface area contributed by atoms with Gasteiger partial charge in [-0.05, 0) is 30.3 Å². The fraction of sp³-hybridized carbons (Fsp3) is 0.0769. The monoisotopic (exact) mass is 428 g/mol. The lowest BCUT2D eigenvalue weighted by Gasteiger charge is -2.12. The van der Waals surface area contributed by atoms with Gasteiger partial charge in [0.1, 0.15) is 4.90 Å². The molecule has 0 radical (unpaired) electrons. The fourth-order valence-electron chi connectivity index (χ4n) is 1.77. The van der Waals surface area contributed by atoms with Gasteiger partial charge in [-0.1, -0.05) is 34.8 Å². The topological polar surface area (TPSA) is 106 Å². The first-order valence-corrected chi connectivity index (χ1v) is 10.7. The van der Waals surface area contributed by atoms with Gasteiger partial charge in [0.25, 0.3) is 10.0 Å². The highest BCUT2D eigenvalue weighted by Gasteiger charge is 2.22. The van der Waals surface area contributed by atoms with Crippen LogP contribution in [0.1, 0.15) is 0 Å². The first-order valence-electron chi connectivity index (χ1n) is 6.19. The van der Waals surface area contributed by atoms with Crippen molar-refractivity contribution >= 4 is 66.0 Å². The van der Waals surface area contributed by atoms with Crippen LogP contribution in [-0.4, -0.2) is 23.1 Å². The molecule has 0 spiro atoms. The van der Waals surface area contributed by atoms with Crippen LogP contribution in [0.2, 0.25) is 15.1 Å². The van der Waals surface area contributed by atoms with E-state index in [2.05, 4.69) is 4.72 Å². The zero-order chi connectivity index (χ0) is 18.3. The number of hydrogen-bond acceptors (Lipinski definition) is 5. The van der Waals surface area contributed by atoms with Crippen LogP contribution in [0, 0.1) is 0 Å². The van der Waals surface area contributed by atoms with E-state index in [0.29, 0.717) is 0 Å². The number of sulfone groups is 1. The van der Waals surface area contributed by atoms with Crippen molar-refractivity contribution in [1.29, 1.82) is 0 Å². The molecule has 0 aliphatic rings. The van der Waals surface area contributed by atoms with Crippen LogP contribution in [0.25, 0.3) is 0 Å². The summed E-state index contributed by atoms with van der Waals surface area (Å²) >= 11 is 17.6. The van der Waals surface area contributed by atoms with Crippen molar-refractivity contribution in [2.24, 2.45) is 0 Å². The Hall–Kier alpha value is -1.19. The molecule has 0 amide bonds. The molecule has 0 saturated carbocycles. The van der Waals surface area contributed by atoms with E-state index < -0.39 is 24.8 Å². The molecule has 0 aliphatic heterocycles. The van der Waals surface area contributed by atoms with E-state index in [9.17, 15) is 16.8 Å². The molecular formula is C13H11Cl3N2O4S2. The summed E-state index contributed by atoms with van der Waals surface area (Å²) in [4.78, 5) is -0.572. The summed E-state index contributed by atoms with van der Waals surface area (Å²) in [5.74, 6) is 0. The Morgan fingerprint density at radius 1 is 0.917 bits per heavy atom. The molecule has 0 atom stereocenters. The van der Waals surface area contributed by atoms with E-state index >= 15 is 0 Å². The second-order valence-corrected chi connectivity index (χ2v) is 9.71. The van der Waals surface area contributed by atoms with Crippen LogP contribution < -0.4 is 10.5 Å². The zero-order valence-corrected chi connectivity index (χ0v) is 15.9. The molecule has 0 aliphatic carbocycles. The summed E-state index contributed by atoms with van der Waals surface area (Å²) in [6.07, 6.45) is 0.958. The average Bonchev–Trinajstić information content (AvgIpc) is 2.43. The summed E-state index contributed by atoms with van der Waals surface area (Å²) < 4.78 is 50.4. The quantitative estimate of drug-likeness (QED) is 0.724. The second-order valence-electron chi connectivity index (χ2n) is 4.82. The number of anilines is 2. The first kappa shape index (κ1) is 19.1. The van der Waals surface area contributed by atoms with Crippen LogP contribution in [0.5, 0.6) is 0 Å². The summed E-state index contributed by atoms with van der Waals surface area (Å²) in [6, 6.07) is 5.92. The van der Waals surface area contributed by atoms with E-state index in [1.165, 1.54) is 24.3 Å². The minimum Gasteiger partial charge on any atom is -0.396 e. The van der Waals surface area contributed by atoms with Crippen LogP contribution in [0.3, 0.4) is 0 Å². The molecule has 0 bridgehead atoms. The van der Waals surface area contributed by atoms with Crippen molar-refractivity contribution in [3.05, 3.63) is 45.4 Å². The van der Waals surface area contributed by atoms with Crippen molar-refractivity contribution in [2.75, 3.05) is 16.7 Å². The van der Waals surface area contributed by atoms with Crippen molar-refractivity contribution in [1.82, 2.24) is 0 Å². The minimum atomic E-state index is -4.18. The third-order valence-electron chi connectivity index (χ3n) is 2.95. The molecule has 2 rings (SSSR count). The van der Waals surface area contributed by atoms with Gasteiger partial charge in [0, 0.05) is 6.26 Å². The molecule has 6 nitrogen and oxygen atoms in total. The number of sulfonamides is 1. The molecule has 24 heavy (non-hydrogen) atoms. The summed E-state index contributed by atoms with van der Waals surface area (Å²) in [7, 11) is -7.78. The van der Waals surface area contributed by atoms with E-state index in [0.717, 1.165) is 12.3 Å². The Labute approximate surface area is 154 Å². The molecule has 0 saturated heterocycles. The maximum Gasteiger partial charge on any atom is 0.263 e. The van der Waals surface area contributed by atoms with Gasteiger partial charge >= 0.3 is 0 Å². The summed E-state index contributed by atoms with van der Waals surface area (Å²) in [5.41, 5.74) is 5.75. The lowest BCUT2D eigenvalue weighted by atomic mass is 10.3. The van der Waals surface area contributed by atoms with Gasteiger partial charge in [-0.15, -0.1) is 0 Å². The van der Waals surface area contributed by atoms with E-state index in [1.807, 2.05) is 0 Å². The van der Waals surface area contributed by atoms with Gasteiger partial charge in [-0.25, -0.2) is 16.8 Å². The molecule has 0 fully saturated rings.